The molecule has 2 rings (SSSR count). The highest BCUT2D eigenvalue weighted by Crippen LogP contribution is 2.14. The lowest BCUT2D eigenvalue weighted by atomic mass is 10.2. The summed E-state index contributed by atoms with van der Waals surface area (Å²) >= 11 is 1.47. The van der Waals surface area contributed by atoms with Gasteiger partial charge >= 0.3 is 0 Å². The van der Waals surface area contributed by atoms with Gasteiger partial charge in [-0.1, -0.05) is 6.92 Å². The highest BCUT2D eigenvalue weighted by atomic mass is 32.1. The van der Waals surface area contributed by atoms with E-state index in [1.807, 2.05) is 12.3 Å². The van der Waals surface area contributed by atoms with E-state index in [0.29, 0.717) is 17.7 Å². The van der Waals surface area contributed by atoms with Gasteiger partial charge in [-0.25, -0.2) is 4.98 Å². The number of amides is 1. The number of rotatable bonds is 6. The standard InChI is InChI=1S/C13H22N4OS/c1-3-17(7-11-5-4-6-14-11)8-12(18)16-13-15-10(2)9-19-13/h9,11,14H,3-8H2,1-2H3,(H,15,16,18). The van der Waals surface area contributed by atoms with Crippen molar-refractivity contribution in [3.05, 3.63) is 11.1 Å². The van der Waals surface area contributed by atoms with Gasteiger partial charge in [-0.3, -0.25) is 9.69 Å². The van der Waals surface area contributed by atoms with E-state index < -0.39 is 0 Å². The number of carbonyl (C=O) groups excluding carboxylic acids is 1. The number of aryl methyl sites for hydroxylation is 1. The summed E-state index contributed by atoms with van der Waals surface area (Å²) in [6.45, 7) is 7.40. The molecule has 0 aromatic carbocycles. The molecule has 1 aromatic heterocycles. The van der Waals surface area contributed by atoms with E-state index in [0.717, 1.165) is 25.3 Å². The molecule has 1 aliphatic heterocycles. The molecule has 1 saturated heterocycles. The Morgan fingerprint density at radius 3 is 3.11 bits per heavy atom. The maximum atomic E-state index is 12.0. The number of likely N-dealkylation sites (N-methyl/N-ethyl adjacent to an activating group) is 1. The van der Waals surface area contributed by atoms with Crippen LogP contribution in [0.25, 0.3) is 0 Å². The van der Waals surface area contributed by atoms with Gasteiger partial charge in [0, 0.05) is 18.0 Å². The van der Waals surface area contributed by atoms with Gasteiger partial charge in [-0.15, -0.1) is 11.3 Å². The molecule has 0 spiro atoms. The number of hydrogen-bond donors (Lipinski definition) is 2. The molecule has 0 radical (unpaired) electrons. The van der Waals surface area contributed by atoms with Gasteiger partial charge < -0.3 is 10.6 Å². The van der Waals surface area contributed by atoms with Crippen LogP contribution in [0.15, 0.2) is 5.38 Å². The minimum absolute atomic E-state index is 0.0224. The molecule has 1 atom stereocenters. The second-order valence-corrected chi connectivity index (χ2v) is 5.82. The third kappa shape index (κ3) is 4.56. The van der Waals surface area contributed by atoms with E-state index in [4.69, 9.17) is 0 Å². The molecule has 2 heterocycles. The molecular weight excluding hydrogens is 260 g/mol. The SMILES string of the molecule is CCN(CC(=O)Nc1nc(C)cs1)CC1CCCN1. The van der Waals surface area contributed by atoms with Crippen molar-refractivity contribution in [2.75, 3.05) is 31.5 Å². The molecular formula is C13H22N4OS. The van der Waals surface area contributed by atoms with Crippen LogP contribution in [0.3, 0.4) is 0 Å². The minimum atomic E-state index is 0.0224. The fourth-order valence-corrected chi connectivity index (χ4v) is 3.01. The van der Waals surface area contributed by atoms with Gasteiger partial charge in [0.2, 0.25) is 5.91 Å². The summed E-state index contributed by atoms with van der Waals surface area (Å²) in [5.41, 5.74) is 0.947. The molecule has 106 valence electrons. The van der Waals surface area contributed by atoms with E-state index in [-0.39, 0.29) is 5.91 Å². The van der Waals surface area contributed by atoms with Crippen LogP contribution in [0, 0.1) is 6.92 Å². The normalized spacial score (nSPS) is 19.0. The van der Waals surface area contributed by atoms with Crippen LogP contribution < -0.4 is 10.6 Å². The summed E-state index contributed by atoms with van der Waals surface area (Å²) < 4.78 is 0. The van der Waals surface area contributed by atoms with Gasteiger partial charge in [-0.05, 0) is 32.9 Å². The second kappa shape index (κ2) is 6.98. The van der Waals surface area contributed by atoms with Gasteiger partial charge in [0.1, 0.15) is 0 Å². The molecule has 5 nitrogen and oxygen atoms in total. The number of nitrogens with zero attached hydrogens (tertiary/aromatic N) is 2. The van der Waals surface area contributed by atoms with Gasteiger partial charge in [-0.2, -0.15) is 0 Å². The van der Waals surface area contributed by atoms with Crippen LogP contribution in [0.4, 0.5) is 5.13 Å². The first kappa shape index (κ1) is 14.4. The van der Waals surface area contributed by atoms with E-state index in [9.17, 15) is 4.79 Å². The Morgan fingerprint density at radius 1 is 1.68 bits per heavy atom. The van der Waals surface area contributed by atoms with Crippen molar-refractivity contribution in [1.82, 2.24) is 15.2 Å². The third-order valence-electron chi connectivity index (χ3n) is 3.32. The molecule has 19 heavy (non-hydrogen) atoms. The number of carbonyl (C=O) groups is 1. The quantitative estimate of drug-likeness (QED) is 0.829. The first-order valence-electron chi connectivity index (χ1n) is 6.85. The highest BCUT2D eigenvalue weighted by molar-refractivity contribution is 7.13. The largest absolute Gasteiger partial charge is 0.313 e. The zero-order chi connectivity index (χ0) is 13.7. The highest BCUT2D eigenvalue weighted by Gasteiger charge is 2.18. The topological polar surface area (TPSA) is 57.3 Å². The van der Waals surface area contributed by atoms with Crippen molar-refractivity contribution < 1.29 is 4.79 Å². The zero-order valence-corrected chi connectivity index (χ0v) is 12.4. The molecule has 2 N–H and O–H groups in total. The smallest absolute Gasteiger partial charge is 0.240 e. The van der Waals surface area contributed by atoms with E-state index in [2.05, 4.69) is 27.4 Å². The van der Waals surface area contributed by atoms with Crippen LogP contribution in [0.2, 0.25) is 0 Å². The zero-order valence-electron chi connectivity index (χ0n) is 11.6. The molecule has 0 aliphatic carbocycles. The number of anilines is 1. The van der Waals surface area contributed by atoms with Gasteiger partial charge in [0.15, 0.2) is 5.13 Å². The monoisotopic (exact) mass is 282 g/mol. The van der Waals surface area contributed by atoms with E-state index >= 15 is 0 Å². The molecule has 0 bridgehead atoms. The summed E-state index contributed by atoms with van der Waals surface area (Å²) in [5, 5.41) is 8.96. The average molecular weight is 282 g/mol. The first-order valence-corrected chi connectivity index (χ1v) is 7.73. The predicted molar refractivity (Wildman–Crippen MR) is 78.6 cm³/mol. The number of aromatic nitrogens is 1. The van der Waals surface area contributed by atoms with Crippen molar-refractivity contribution in [2.45, 2.75) is 32.7 Å². The molecule has 6 heteroatoms. The fraction of sp³-hybridized carbons (Fsp3) is 0.692. The fourth-order valence-electron chi connectivity index (χ4n) is 2.30. The summed E-state index contributed by atoms with van der Waals surface area (Å²) in [5.74, 6) is 0.0224. The summed E-state index contributed by atoms with van der Waals surface area (Å²) in [7, 11) is 0. The van der Waals surface area contributed by atoms with E-state index in [1.165, 1.54) is 24.2 Å². The lowest BCUT2D eigenvalue weighted by Gasteiger charge is -2.23. The summed E-state index contributed by atoms with van der Waals surface area (Å²) in [6.07, 6.45) is 2.45. The van der Waals surface area contributed by atoms with Crippen LogP contribution in [-0.2, 0) is 4.79 Å². The molecule has 1 fully saturated rings. The summed E-state index contributed by atoms with van der Waals surface area (Å²) in [6, 6.07) is 0.537. The number of hydrogen-bond acceptors (Lipinski definition) is 5. The Morgan fingerprint density at radius 2 is 2.53 bits per heavy atom. The molecule has 0 saturated carbocycles. The minimum Gasteiger partial charge on any atom is -0.313 e. The first-order chi connectivity index (χ1) is 9.17. The van der Waals surface area contributed by atoms with Crippen LogP contribution in [-0.4, -0.2) is 48.0 Å². The molecule has 1 aromatic rings. The molecule has 1 aliphatic rings. The van der Waals surface area contributed by atoms with Crippen LogP contribution >= 0.6 is 11.3 Å². The van der Waals surface area contributed by atoms with Crippen molar-refractivity contribution >= 4 is 22.4 Å². The van der Waals surface area contributed by atoms with Crippen molar-refractivity contribution in [3.63, 3.8) is 0 Å². The van der Waals surface area contributed by atoms with Crippen LogP contribution in [0.1, 0.15) is 25.5 Å². The van der Waals surface area contributed by atoms with Crippen molar-refractivity contribution in [3.8, 4) is 0 Å². The number of thiazole rings is 1. The molecule has 1 unspecified atom stereocenters. The Bertz CT molecular complexity index is 415. The van der Waals surface area contributed by atoms with Crippen molar-refractivity contribution in [1.29, 1.82) is 0 Å². The summed E-state index contributed by atoms with van der Waals surface area (Å²) in [4.78, 5) is 18.4. The van der Waals surface area contributed by atoms with Crippen molar-refractivity contribution in [2.24, 2.45) is 0 Å². The second-order valence-electron chi connectivity index (χ2n) is 4.96. The van der Waals surface area contributed by atoms with E-state index in [1.54, 1.807) is 0 Å². The van der Waals surface area contributed by atoms with Gasteiger partial charge in [0.05, 0.1) is 12.2 Å². The van der Waals surface area contributed by atoms with Gasteiger partial charge in [0.25, 0.3) is 0 Å². The Hall–Kier alpha value is -0.980. The number of nitrogens with one attached hydrogen (secondary N) is 2. The van der Waals surface area contributed by atoms with Crippen LogP contribution in [0.5, 0.6) is 0 Å². The molecule has 1 amide bonds. The Kier molecular flexibility index (Phi) is 5.30. The Labute approximate surface area is 118 Å². The average Bonchev–Trinajstić information content (AvgIpc) is 3.00. The Balaban J connectivity index is 1.78. The third-order valence-corrected chi connectivity index (χ3v) is 4.20. The lowest BCUT2D eigenvalue weighted by molar-refractivity contribution is -0.117. The maximum absolute atomic E-state index is 12.0. The maximum Gasteiger partial charge on any atom is 0.240 e. The lowest BCUT2D eigenvalue weighted by Crippen LogP contribution is -2.41. The predicted octanol–water partition coefficient (Wildman–Crippen LogP) is 1.46.